The van der Waals surface area contributed by atoms with Gasteiger partial charge in [-0.25, -0.2) is 0 Å². The van der Waals surface area contributed by atoms with E-state index in [1.165, 1.54) is 289 Å². The fourth-order valence-electron chi connectivity index (χ4n) is 8.24. The Morgan fingerprint density at radius 2 is 0.375 bits per heavy atom. The topological polar surface area (TPSA) is 4.44 Å². The maximum absolute atomic E-state index is 2.47. The first-order valence-electron chi connectivity index (χ1n) is 26.1. The summed E-state index contributed by atoms with van der Waals surface area (Å²) >= 11 is 0. The van der Waals surface area contributed by atoms with Crippen LogP contribution in [-0.2, 0) is 0 Å². The second-order valence-electron chi connectivity index (χ2n) is 17.8. The van der Waals surface area contributed by atoms with Gasteiger partial charge >= 0.3 is 0 Å². The number of halogens is 1. The van der Waals surface area contributed by atoms with Gasteiger partial charge in [-0.3, -0.25) is 0 Å². The maximum atomic E-state index is 2.47. The molecule has 56 heavy (non-hydrogen) atoms. The predicted octanol–water partition coefficient (Wildman–Crippen LogP) is 15.0. The molecule has 0 aromatic heterocycles. The average Bonchev–Trinajstić information content (AvgIpc) is 3.20. The first-order valence-corrected chi connectivity index (χ1v) is 26.1. The molecule has 0 heterocycles. The van der Waals surface area contributed by atoms with Crippen molar-refractivity contribution < 1.29 is 17.3 Å². The van der Waals surface area contributed by atoms with E-state index in [0.29, 0.717) is 0 Å². The third-order valence-corrected chi connectivity index (χ3v) is 12.1. The Balaban J connectivity index is 0. The number of quaternary nitrogens is 1. The van der Waals surface area contributed by atoms with E-state index in [1.54, 1.807) is 0 Å². The molecule has 0 aliphatic heterocycles. The van der Waals surface area contributed by atoms with Crippen LogP contribution in [0.4, 0.5) is 0 Å². The predicted molar refractivity (Wildman–Crippen MR) is 254 cm³/mol. The highest BCUT2D eigenvalue weighted by atomic mass is 35.5. The highest BCUT2D eigenvalue weighted by molar-refractivity contribution is 4.82. The Bertz CT molecular complexity index is 656. The molecule has 0 atom stereocenters. The Morgan fingerprint density at radius 3 is 0.571 bits per heavy atom. The van der Waals surface area contributed by atoms with Crippen LogP contribution in [0.5, 0.6) is 0 Å². The second kappa shape index (κ2) is 54.5. The van der Waals surface area contributed by atoms with E-state index in [-0.39, 0.29) is 12.4 Å². The van der Waals surface area contributed by atoms with Gasteiger partial charge in [0.15, 0.2) is 0 Å². The van der Waals surface area contributed by atoms with E-state index in [0.717, 1.165) is 0 Å². The van der Waals surface area contributed by atoms with Gasteiger partial charge in [0, 0.05) is 0 Å². The molecule has 1 N–H and O–H groups in total. The Kier molecular flexibility index (Phi) is 56.0. The molecular weight excluding hydrogens is 698 g/mol. The van der Waals surface area contributed by atoms with Crippen LogP contribution < -0.4 is 17.3 Å². The van der Waals surface area contributed by atoms with Crippen molar-refractivity contribution in [2.45, 2.75) is 290 Å². The summed E-state index contributed by atoms with van der Waals surface area (Å²) in [4.78, 5) is 1.93. The molecule has 0 amide bonds. The fourth-order valence-corrected chi connectivity index (χ4v) is 8.24. The van der Waals surface area contributed by atoms with E-state index in [4.69, 9.17) is 0 Å². The van der Waals surface area contributed by atoms with Gasteiger partial charge in [0.2, 0.25) is 0 Å². The quantitative estimate of drug-likeness (QED) is 0.0462. The summed E-state index contributed by atoms with van der Waals surface area (Å²) in [7, 11) is 0. The summed E-state index contributed by atoms with van der Waals surface area (Å²) in [5, 5.41) is 0. The van der Waals surface area contributed by atoms with Gasteiger partial charge in [-0.1, -0.05) is 211 Å². The monoisotopic (exact) mass is 804 g/mol. The Hall–Kier alpha value is -0.530. The first kappa shape index (κ1) is 57.6. The lowest BCUT2D eigenvalue weighted by Gasteiger charge is -2.20. The van der Waals surface area contributed by atoms with Gasteiger partial charge in [0.1, 0.15) is 0 Å². The summed E-state index contributed by atoms with van der Waals surface area (Å²) in [6.07, 6.45) is 74.0. The molecule has 0 radical (unpaired) electrons. The van der Waals surface area contributed by atoms with Crippen LogP contribution in [-0.4, -0.2) is 19.6 Å². The van der Waals surface area contributed by atoms with E-state index in [1.807, 2.05) is 4.90 Å². The summed E-state index contributed by atoms with van der Waals surface area (Å²) in [6.45, 7) is 11.2. The summed E-state index contributed by atoms with van der Waals surface area (Å²) in [5.74, 6) is 0. The van der Waals surface area contributed by atoms with Crippen LogP contribution in [0, 0.1) is 0 Å². The molecule has 0 saturated carbocycles. The van der Waals surface area contributed by atoms with Crippen LogP contribution in [0.2, 0.25) is 0 Å². The minimum Gasteiger partial charge on any atom is -1.00 e. The van der Waals surface area contributed by atoms with Gasteiger partial charge in [-0.2, -0.15) is 0 Å². The third-order valence-electron chi connectivity index (χ3n) is 12.1. The van der Waals surface area contributed by atoms with Crippen molar-refractivity contribution in [3.63, 3.8) is 0 Å². The SMILES string of the molecule is CCCCCCCC/C=C\CCCCCCCC[NH+](CCCCCCCC/C=C\CCCCCCCC)CCCCCCCC/C=C\CCCCCCCC.[Cl-]. The van der Waals surface area contributed by atoms with E-state index < -0.39 is 0 Å². The number of nitrogens with one attached hydrogen (secondary N) is 1. The summed E-state index contributed by atoms with van der Waals surface area (Å²) in [5.41, 5.74) is 0. The molecule has 2 heteroatoms. The van der Waals surface area contributed by atoms with Crippen LogP contribution >= 0.6 is 0 Å². The van der Waals surface area contributed by atoms with Crippen molar-refractivity contribution >= 4 is 0 Å². The molecule has 0 rings (SSSR count). The minimum atomic E-state index is 0. The van der Waals surface area contributed by atoms with Gasteiger partial charge in [0.05, 0.1) is 19.6 Å². The zero-order valence-corrected chi connectivity index (χ0v) is 39.9. The molecule has 0 saturated heterocycles. The zero-order chi connectivity index (χ0) is 39.6. The summed E-state index contributed by atoms with van der Waals surface area (Å²) < 4.78 is 0. The molecule has 0 aliphatic carbocycles. The molecule has 334 valence electrons. The highest BCUT2D eigenvalue weighted by Crippen LogP contribution is 2.13. The van der Waals surface area contributed by atoms with Crippen LogP contribution in [0.1, 0.15) is 290 Å². The average molecular weight is 805 g/mol. The number of hydrogen-bond acceptors (Lipinski definition) is 0. The van der Waals surface area contributed by atoms with Crippen molar-refractivity contribution in [1.29, 1.82) is 0 Å². The first-order chi connectivity index (χ1) is 27.3. The molecular formula is C54H106ClN. The minimum absolute atomic E-state index is 0. The van der Waals surface area contributed by atoms with Crippen LogP contribution in [0.15, 0.2) is 36.5 Å². The van der Waals surface area contributed by atoms with E-state index in [2.05, 4.69) is 57.2 Å². The van der Waals surface area contributed by atoms with Crippen molar-refractivity contribution in [2.75, 3.05) is 19.6 Å². The molecule has 0 aliphatic rings. The highest BCUT2D eigenvalue weighted by Gasteiger charge is 2.08. The summed E-state index contributed by atoms with van der Waals surface area (Å²) in [6, 6.07) is 0. The van der Waals surface area contributed by atoms with Crippen LogP contribution in [0.25, 0.3) is 0 Å². The molecule has 0 aromatic carbocycles. The van der Waals surface area contributed by atoms with E-state index >= 15 is 0 Å². The zero-order valence-electron chi connectivity index (χ0n) is 39.2. The lowest BCUT2D eigenvalue weighted by molar-refractivity contribution is -0.900. The molecule has 0 bridgehead atoms. The standard InChI is InChI=1S/C54H105N.ClH/c1-4-7-10-13-16-19-22-25-28-31-34-37-40-43-46-49-52-55(53-50-47-44-41-38-35-32-29-26-23-20-17-14-11-8-5-2)54-51-48-45-42-39-36-33-30-27-24-21-18-15-12-9-6-3;/h25-30H,4-24,31-54H2,1-3H3;1H/b28-25-,29-26-,30-27-;. The van der Waals surface area contributed by atoms with Gasteiger partial charge in [-0.15, -0.1) is 0 Å². The maximum Gasteiger partial charge on any atom is 0.0770 e. The van der Waals surface area contributed by atoms with Crippen molar-refractivity contribution in [3.05, 3.63) is 36.5 Å². The molecule has 0 spiro atoms. The van der Waals surface area contributed by atoms with Crippen molar-refractivity contribution in [2.24, 2.45) is 0 Å². The molecule has 1 nitrogen and oxygen atoms in total. The lowest BCUT2D eigenvalue weighted by Crippen LogP contribution is -3.12. The van der Waals surface area contributed by atoms with Gasteiger partial charge < -0.3 is 17.3 Å². The van der Waals surface area contributed by atoms with Crippen molar-refractivity contribution in [1.82, 2.24) is 0 Å². The van der Waals surface area contributed by atoms with Crippen molar-refractivity contribution in [3.8, 4) is 0 Å². The number of rotatable bonds is 48. The van der Waals surface area contributed by atoms with Gasteiger partial charge in [-0.05, 0) is 116 Å². The largest absolute Gasteiger partial charge is 1.00 e. The Labute approximate surface area is 362 Å². The number of unbranched alkanes of at least 4 members (excludes halogenated alkanes) is 36. The third kappa shape index (κ3) is 51.5. The molecule has 0 fully saturated rings. The fraction of sp³-hybridized carbons (Fsp3) is 0.889. The second-order valence-corrected chi connectivity index (χ2v) is 17.8. The smallest absolute Gasteiger partial charge is 0.0770 e. The molecule has 0 aromatic rings. The van der Waals surface area contributed by atoms with Crippen LogP contribution in [0.3, 0.4) is 0 Å². The lowest BCUT2D eigenvalue weighted by atomic mass is 10.1. The Morgan fingerprint density at radius 1 is 0.214 bits per heavy atom. The number of allylic oxidation sites excluding steroid dienone is 6. The normalized spacial score (nSPS) is 12.0. The number of hydrogen-bond donors (Lipinski definition) is 1. The molecule has 0 unspecified atom stereocenters. The van der Waals surface area contributed by atoms with Gasteiger partial charge in [0.25, 0.3) is 0 Å². The van der Waals surface area contributed by atoms with E-state index in [9.17, 15) is 0 Å².